The van der Waals surface area contributed by atoms with Crippen LogP contribution in [0.4, 0.5) is 0 Å². The number of rotatable bonds is 1. The van der Waals surface area contributed by atoms with Crippen molar-refractivity contribution in [1.82, 2.24) is 9.97 Å². The summed E-state index contributed by atoms with van der Waals surface area (Å²) in [7, 11) is 0. The normalized spacial score (nSPS) is 10.6. The molecule has 0 aliphatic carbocycles. The lowest BCUT2D eigenvalue weighted by molar-refractivity contribution is 1.27. The van der Waals surface area contributed by atoms with Gasteiger partial charge in [-0.1, -0.05) is 18.2 Å². The predicted molar refractivity (Wildman–Crippen MR) is 69.7 cm³/mol. The summed E-state index contributed by atoms with van der Waals surface area (Å²) in [4.78, 5) is 8.58. The minimum atomic E-state index is 1.00. The van der Waals surface area contributed by atoms with Crippen molar-refractivity contribution in [2.24, 2.45) is 0 Å². The third-order valence-corrected chi connectivity index (χ3v) is 2.85. The van der Waals surface area contributed by atoms with E-state index in [0.29, 0.717) is 0 Å². The highest BCUT2D eigenvalue weighted by Gasteiger charge is 2.00. The van der Waals surface area contributed by atoms with Crippen molar-refractivity contribution in [1.29, 1.82) is 0 Å². The van der Waals surface area contributed by atoms with Crippen LogP contribution in [0, 0.1) is 6.92 Å². The van der Waals surface area contributed by atoms with E-state index in [4.69, 9.17) is 0 Å². The fourth-order valence-corrected chi connectivity index (χ4v) is 1.88. The standard InChI is InChI=1S/C15H12N2/c1-11-2-5-15(17-9-11)13-4-3-12-6-7-16-10-14(12)8-13/h2-10H,1H3. The van der Waals surface area contributed by atoms with Gasteiger partial charge in [-0.05, 0) is 36.1 Å². The van der Waals surface area contributed by atoms with Gasteiger partial charge in [0.15, 0.2) is 0 Å². The van der Waals surface area contributed by atoms with E-state index in [9.17, 15) is 0 Å². The number of aromatic nitrogens is 2. The Morgan fingerprint density at radius 3 is 2.65 bits per heavy atom. The van der Waals surface area contributed by atoms with Crippen LogP contribution in [0.2, 0.25) is 0 Å². The van der Waals surface area contributed by atoms with Gasteiger partial charge in [-0.25, -0.2) is 0 Å². The van der Waals surface area contributed by atoms with E-state index in [1.807, 2.05) is 37.6 Å². The average molecular weight is 220 g/mol. The summed E-state index contributed by atoms with van der Waals surface area (Å²) >= 11 is 0. The Bertz CT molecular complexity index is 657. The summed E-state index contributed by atoms with van der Waals surface area (Å²) in [6.45, 7) is 2.04. The van der Waals surface area contributed by atoms with Crippen molar-refractivity contribution in [2.45, 2.75) is 6.92 Å². The molecule has 1 aromatic carbocycles. The van der Waals surface area contributed by atoms with E-state index < -0.39 is 0 Å². The maximum absolute atomic E-state index is 4.43. The number of pyridine rings is 2. The SMILES string of the molecule is Cc1ccc(-c2ccc3ccncc3c2)nc1. The van der Waals surface area contributed by atoms with Gasteiger partial charge < -0.3 is 0 Å². The summed E-state index contributed by atoms with van der Waals surface area (Å²) in [5.41, 5.74) is 3.31. The molecular weight excluding hydrogens is 208 g/mol. The van der Waals surface area contributed by atoms with Gasteiger partial charge in [0, 0.05) is 29.5 Å². The van der Waals surface area contributed by atoms with Crippen molar-refractivity contribution >= 4 is 10.8 Å². The molecule has 0 spiro atoms. The zero-order chi connectivity index (χ0) is 11.7. The van der Waals surface area contributed by atoms with Gasteiger partial charge in [-0.15, -0.1) is 0 Å². The Labute approximate surface area is 100.0 Å². The Hall–Kier alpha value is -2.22. The third-order valence-electron chi connectivity index (χ3n) is 2.85. The molecule has 0 saturated heterocycles. The molecule has 0 aliphatic rings. The lowest BCUT2D eigenvalue weighted by Crippen LogP contribution is -1.84. The number of benzene rings is 1. The highest BCUT2D eigenvalue weighted by Crippen LogP contribution is 2.22. The Balaban J connectivity index is 2.14. The number of fused-ring (bicyclic) bond motifs is 1. The van der Waals surface area contributed by atoms with E-state index in [1.54, 1.807) is 0 Å². The second-order valence-electron chi connectivity index (χ2n) is 4.16. The Morgan fingerprint density at radius 2 is 1.82 bits per heavy atom. The quantitative estimate of drug-likeness (QED) is 0.626. The molecule has 2 heterocycles. The molecule has 0 bridgehead atoms. The van der Waals surface area contributed by atoms with Crippen LogP contribution in [-0.4, -0.2) is 9.97 Å². The number of aryl methyl sites for hydroxylation is 1. The molecule has 0 N–H and O–H groups in total. The Morgan fingerprint density at radius 1 is 0.882 bits per heavy atom. The van der Waals surface area contributed by atoms with Crippen LogP contribution in [0.25, 0.3) is 22.0 Å². The Kier molecular flexibility index (Phi) is 2.33. The van der Waals surface area contributed by atoms with Gasteiger partial charge in [-0.2, -0.15) is 0 Å². The maximum atomic E-state index is 4.43. The molecule has 0 amide bonds. The van der Waals surface area contributed by atoms with Crippen LogP contribution in [0.15, 0.2) is 55.0 Å². The molecule has 0 aliphatic heterocycles. The third kappa shape index (κ3) is 1.89. The van der Waals surface area contributed by atoms with Crippen LogP contribution >= 0.6 is 0 Å². The first-order chi connectivity index (χ1) is 8.33. The van der Waals surface area contributed by atoms with Crippen LogP contribution < -0.4 is 0 Å². The maximum Gasteiger partial charge on any atom is 0.0702 e. The first-order valence-electron chi connectivity index (χ1n) is 5.60. The zero-order valence-corrected chi connectivity index (χ0v) is 9.59. The van der Waals surface area contributed by atoms with Crippen molar-refractivity contribution in [2.75, 3.05) is 0 Å². The monoisotopic (exact) mass is 220 g/mol. The topological polar surface area (TPSA) is 25.8 Å². The summed E-state index contributed by atoms with van der Waals surface area (Å²) in [5, 5.41) is 2.35. The number of nitrogens with zero attached hydrogens (tertiary/aromatic N) is 2. The van der Waals surface area contributed by atoms with Crippen molar-refractivity contribution in [3.8, 4) is 11.3 Å². The molecule has 17 heavy (non-hydrogen) atoms. The highest BCUT2D eigenvalue weighted by atomic mass is 14.7. The van der Waals surface area contributed by atoms with E-state index >= 15 is 0 Å². The van der Waals surface area contributed by atoms with E-state index in [1.165, 1.54) is 10.9 Å². The summed E-state index contributed by atoms with van der Waals surface area (Å²) in [6.07, 6.45) is 5.59. The van der Waals surface area contributed by atoms with Crippen molar-refractivity contribution in [3.63, 3.8) is 0 Å². The smallest absolute Gasteiger partial charge is 0.0702 e. The van der Waals surface area contributed by atoms with Gasteiger partial charge in [0.25, 0.3) is 0 Å². The minimum absolute atomic E-state index is 1.00. The molecule has 0 unspecified atom stereocenters. The molecule has 2 aromatic heterocycles. The molecule has 0 saturated carbocycles. The molecule has 0 radical (unpaired) electrons. The van der Waals surface area contributed by atoms with Crippen molar-refractivity contribution in [3.05, 3.63) is 60.6 Å². The predicted octanol–water partition coefficient (Wildman–Crippen LogP) is 3.61. The second kappa shape index (κ2) is 3.98. The largest absolute Gasteiger partial charge is 0.264 e. The minimum Gasteiger partial charge on any atom is -0.264 e. The summed E-state index contributed by atoms with van der Waals surface area (Å²) in [5.74, 6) is 0. The van der Waals surface area contributed by atoms with Gasteiger partial charge in [0.2, 0.25) is 0 Å². The van der Waals surface area contributed by atoms with Crippen LogP contribution in [0.1, 0.15) is 5.56 Å². The van der Waals surface area contributed by atoms with Gasteiger partial charge in [-0.3, -0.25) is 9.97 Å². The van der Waals surface area contributed by atoms with Crippen molar-refractivity contribution < 1.29 is 0 Å². The molecule has 3 aromatic rings. The first kappa shape index (κ1) is 9.97. The molecule has 2 nitrogen and oxygen atoms in total. The molecule has 82 valence electrons. The van der Waals surface area contributed by atoms with E-state index in [0.717, 1.165) is 16.6 Å². The lowest BCUT2D eigenvalue weighted by Gasteiger charge is -2.03. The number of hydrogen-bond acceptors (Lipinski definition) is 2. The van der Waals surface area contributed by atoms with Gasteiger partial charge in [0.05, 0.1) is 5.69 Å². The fraction of sp³-hybridized carbons (Fsp3) is 0.0667. The fourth-order valence-electron chi connectivity index (χ4n) is 1.88. The van der Waals surface area contributed by atoms with E-state index in [2.05, 4.69) is 34.2 Å². The van der Waals surface area contributed by atoms with Crippen LogP contribution in [-0.2, 0) is 0 Å². The summed E-state index contributed by atoms with van der Waals surface area (Å²) in [6, 6.07) is 12.5. The number of hydrogen-bond donors (Lipinski definition) is 0. The van der Waals surface area contributed by atoms with Gasteiger partial charge in [0.1, 0.15) is 0 Å². The first-order valence-corrected chi connectivity index (χ1v) is 5.60. The van der Waals surface area contributed by atoms with Gasteiger partial charge >= 0.3 is 0 Å². The molecule has 0 fully saturated rings. The average Bonchev–Trinajstić information content (AvgIpc) is 2.39. The van der Waals surface area contributed by atoms with Crippen LogP contribution in [0.3, 0.4) is 0 Å². The lowest BCUT2D eigenvalue weighted by atomic mass is 10.1. The van der Waals surface area contributed by atoms with E-state index in [-0.39, 0.29) is 0 Å². The second-order valence-corrected chi connectivity index (χ2v) is 4.16. The molecule has 2 heteroatoms. The van der Waals surface area contributed by atoms with Crippen LogP contribution in [0.5, 0.6) is 0 Å². The summed E-state index contributed by atoms with van der Waals surface area (Å²) < 4.78 is 0. The molecule has 0 atom stereocenters. The highest BCUT2D eigenvalue weighted by molar-refractivity contribution is 5.85. The zero-order valence-electron chi connectivity index (χ0n) is 9.59. The molecular formula is C15H12N2. The molecule has 3 rings (SSSR count).